The van der Waals surface area contributed by atoms with Gasteiger partial charge in [0, 0.05) is 6.20 Å². The van der Waals surface area contributed by atoms with E-state index < -0.39 is 18.0 Å². The molecule has 0 aliphatic carbocycles. The van der Waals surface area contributed by atoms with Gasteiger partial charge in [0.25, 0.3) is 0 Å². The standard InChI is InChI=1S/C15H17FN2O2/c1-9(2)10-3-5-12(6-4-10)20-15-13(16)7-11(8-18-15)14(17)19/h3-9,15,18H,1-2H3,(H2,17,19). The Labute approximate surface area is 117 Å². The third-order valence-corrected chi connectivity index (χ3v) is 3.02. The summed E-state index contributed by atoms with van der Waals surface area (Å²) in [5.74, 6) is -0.303. The van der Waals surface area contributed by atoms with Crippen LogP contribution in [0.2, 0.25) is 0 Å². The smallest absolute Gasteiger partial charge is 0.250 e. The van der Waals surface area contributed by atoms with Gasteiger partial charge in [-0.3, -0.25) is 4.79 Å². The van der Waals surface area contributed by atoms with Gasteiger partial charge >= 0.3 is 0 Å². The number of amides is 1. The maximum atomic E-state index is 13.8. The van der Waals surface area contributed by atoms with Crippen molar-refractivity contribution in [3.8, 4) is 5.75 Å². The average Bonchev–Trinajstić information content (AvgIpc) is 2.41. The van der Waals surface area contributed by atoms with Crippen LogP contribution < -0.4 is 15.8 Å². The Morgan fingerprint density at radius 2 is 2.00 bits per heavy atom. The van der Waals surface area contributed by atoms with E-state index in [0.29, 0.717) is 11.7 Å². The van der Waals surface area contributed by atoms with Crippen molar-refractivity contribution in [3.05, 3.63) is 53.5 Å². The van der Waals surface area contributed by atoms with Crippen LogP contribution in [0.5, 0.6) is 5.75 Å². The molecule has 0 saturated carbocycles. The van der Waals surface area contributed by atoms with Crippen LogP contribution >= 0.6 is 0 Å². The lowest BCUT2D eigenvalue weighted by molar-refractivity contribution is -0.114. The first-order valence-corrected chi connectivity index (χ1v) is 6.37. The normalized spacial score (nSPS) is 18.1. The molecule has 0 radical (unpaired) electrons. The number of carbonyl (C=O) groups is 1. The lowest BCUT2D eigenvalue weighted by atomic mass is 10.0. The molecule has 1 amide bonds. The fourth-order valence-electron chi connectivity index (χ4n) is 1.81. The second-order valence-electron chi connectivity index (χ2n) is 4.88. The highest BCUT2D eigenvalue weighted by Crippen LogP contribution is 2.22. The summed E-state index contributed by atoms with van der Waals surface area (Å²) in [6.45, 7) is 4.19. The zero-order valence-electron chi connectivity index (χ0n) is 11.4. The molecule has 1 heterocycles. The quantitative estimate of drug-likeness (QED) is 0.887. The van der Waals surface area contributed by atoms with E-state index >= 15 is 0 Å². The van der Waals surface area contributed by atoms with Crippen LogP contribution in [0.1, 0.15) is 25.3 Å². The first kappa shape index (κ1) is 14.1. The van der Waals surface area contributed by atoms with Crippen molar-refractivity contribution >= 4 is 5.91 Å². The summed E-state index contributed by atoms with van der Waals surface area (Å²) in [5, 5.41) is 2.66. The predicted molar refractivity (Wildman–Crippen MR) is 74.6 cm³/mol. The number of benzene rings is 1. The van der Waals surface area contributed by atoms with Crippen molar-refractivity contribution in [2.24, 2.45) is 5.73 Å². The number of rotatable bonds is 4. The molecule has 0 aromatic heterocycles. The van der Waals surface area contributed by atoms with E-state index in [4.69, 9.17) is 10.5 Å². The lowest BCUT2D eigenvalue weighted by Gasteiger charge is -2.21. The third-order valence-electron chi connectivity index (χ3n) is 3.02. The van der Waals surface area contributed by atoms with Crippen molar-refractivity contribution in [1.29, 1.82) is 0 Å². The molecule has 0 bridgehead atoms. The molecule has 3 N–H and O–H groups in total. The Kier molecular flexibility index (Phi) is 4.08. The Morgan fingerprint density at radius 1 is 1.35 bits per heavy atom. The van der Waals surface area contributed by atoms with Crippen molar-refractivity contribution in [2.45, 2.75) is 26.0 Å². The molecule has 1 atom stereocenters. The minimum atomic E-state index is -0.942. The fraction of sp³-hybridized carbons (Fsp3) is 0.267. The molecule has 1 aliphatic heterocycles. The van der Waals surface area contributed by atoms with Crippen LogP contribution in [-0.4, -0.2) is 12.1 Å². The van der Waals surface area contributed by atoms with Gasteiger partial charge in [-0.2, -0.15) is 0 Å². The van der Waals surface area contributed by atoms with E-state index in [1.165, 1.54) is 11.8 Å². The summed E-state index contributed by atoms with van der Waals surface area (Å²) in [4.78, 5) is 10.9. The summed E-state index contributed by atoms with van der Waals surface area (Å²) in [7, 11) is 0. The molecule has 4 nitrogen and oxygen atoms in total. The van der Waals surface area contributed by atoms with E-state index in [1.807, 2.05) is 12.1 Å². The number of carbonyl (C=O) groups excluding carboxylic acids is 1. The first-order chi connectivity index (χ1) is 9.47. The highest BCUT2D eigenvalue weighted by atomic mass is 19.1. The molecule has 0 saturated heterocycles. The largest absolute Gasteiger partial charge is 0.464 e. The molecule has 5 heteroatoms. The number of dihydropyridines is 1. The van der Waals surface area contributed by atoms with Crippen molar-refractivity contribution in [1.82, 2.24) is 5.32 Å². The maximum Gasteiger partial charge on any atom is 0.250 e. The van der Waals surface area contributed by atoms with E-state index in [0.717, 1.165) is 6.08 Å². The summed E-state index contributed by atoms with van der Waals surface area (Å²) in [6.07, 6.45) is 1.48. The minimum Gasteiger partial charge on any atom is -0.464 e. The van der Waals surface area contributed by atoms with Gasteiger partial charge in [0.2, 0.25) is 12.1 Å². The first-order valence-electron chi connectivity index (χ1n) is 6.37. The SMILES string of the molecule is CC(C)c1ccc(OC2NC=C(C(N)=O)C=C2F)cc1. The number of hydrogen-bond donors (Lipinski definition) is 2. The number of nitrogens with two attached hydrogens (primary N) is 1. The number of hydrogen-bond acceptors (Lipinski definition) is 3. The number of ether oxygens (including phenoxy) is 1. The summed E-state index contributed by atoms with van der Waals surface area (Å²) < 4.78 is 19.3. The molecular formula is C15H17FN2O2. The highest BCUT2D eigenvalue weighted by molar-refractivity contribution is 5.95. The zero-order chi connectivity index (χ0) is 14.7. The van der Waals surface area contributed by atoms with Gasteiger partial charge in [-0.15, -0.1) is 0 Å². The Morgan fingerprint density at radius 3 is 2.50 bits per heavy atom. The zero-order valence-corrected chi connectivity index (χ0v) is 11.4. The van der Waals surface area contributed by atoms with E-state index in [9.17, 15) is 9.18 Å². The summed E-state index contributed by atoms with van der Waals surface area (Å²) >= 11 is 0. The lowest BCUT2D eigenvalue weighted by Crippen LogP contribution is -2.35. The maximum absolute atomic E-state index is 13.8. The summed E-state index contributed by atoms with van der Waals surface area (Å²) in [6, 6.07) is 7.46. The Hall–Kier alpha value is -2.30. The van der Waals surface area contributed by atoms with Crippen molar-refractivity contribution < 1.29 is 13.9 Å². The fourth-order valence-corrected chi connectivity index (χ4v) is 1.81. The van der Waals surface area contributed by atoms with E-state index in [1.54, 1.807) is 12.1 Å². The molecule has 1 unspecified atom stereocenters. The van der Waals surface area contributed by atoms with Crippen LogP contribution in [0.25, 0.3) is 0 Å². The van der Waals surface area contributed by atoms with Gasteiger partial charge in [-0.1, -0.05) is 26.0 Å². The van der Waals surface area contributed by atoms with Crippen molar-refractivity contribution in [3.63, 3.8) is 0 Å². The van der Waals surface area contributed by atoms with Gasteiger partial charge in [0.15, 0.2) is 5.83 Å². The molecule has 1 aliphatic rings. The molecule has 1 aromatic carbocycles. The summed E-state index contributed by atoms with van der Waals surface area (Å²) in [5.41, 5.74) is 6.34. The van der Waals surface area contributed by atoms with Crippen molar-refractivity contribution in [2.75, 3.05) is 0 Å². The molecule has 2 rings (SSSR count). The highest BCUT2D eigenvalue weighted by Gasteiger charge is 2.21. The second kappa shape index (κ2) is 5.77. The van der Waals surface area contributed by atoms with Crippen LogP contribution in [0.3, 0.4) is 0 Å². The molecule has 1 aromatic rings. The molecular weight excluding hydrogens is 259 g/mol. The van der Waals surface area contributed by atoms with Gasteiger partial charge in [0.05, 0.1) is 5.57 Å². The third kappa shape index (κ3) is 3.17. The van der Waals surface area contributed by atoms with Crippen LogP contribution in [0.15, 0.2) is 47.9 Å². The van der Waals surface area contributed by atoms with Crippen LogP contribution in [-0.2, 0) is 4.79 Å². The number of halogens is 1. The average molecular weight is 276 g/mol. The topological polar surface area (TPSA) is 64.3 Å². The predicted octanol–water partition coefficient (Wildman–Crippen LogP) is 2.34. The molecule has 20 heavy (non-hydrogen) atoms. The van der Waals surface area contributed by atoms with Gasteiger partial charge in [0.1, 0.15) is 5.75 Å². The van der Waals surface area contributed by atoms with Gasteiger partial charge in [-0.25, -0.2) is 4.39 Å². The second-order valence-corrected chi connectivity index (χ2v) is 4.88. The number of nitrogens with one attached hydrogen (secondary N) is 1. The van der Waals surface area contributed by atoms with Crippen LogP contribution in [0.4, 0.5) is 4.39 Å². The van der Waals surface area contributed by atoms with Gasteiger partial charge < -0.3 is 15.8 Å². The Balaban J connectivity index is 2.05. The minimum absolute atomic E-state index is 0.0810. The molecule has 0 fully saturated rings. The molecule has 0 spiro atoms. The monoisotopic (exact) mass is 276 g/mol. The van der Waals surface area contributed by atoms with Crippen LogP contribution in [0, 0.1) is 0 Å². The van der Waals surface area contributed by atoms with Gasteiger partial charge in [-0.05, 0) is 29.7 Å². The number of primary amides is 1. The van der Waals surface area contributed by atoms with E-state index in [-0.39, 0.29) is 5.57 Å². The van der Waals surface area contributed by atoms with E-state index in [2.05, 4.69) is 19.2 Å². The Bertz CT molecular complexity index is 562. The molecule has 106 valence electrons.